The van der Waals surface area contributed by atoms with Gasteiger partial charge in [-0.25, -0.2) is 28.7 Å². The zero-order valence-corrected chi connectivity index (χ0v) is 9.77. The first kappa shape index (κ1) is 18.4. The largest absolute Gasteiger partial charge is 0.412 e. The Bertz CT molecular complexity index is 355. The van der Waals surface area contributed by atoms with E-state index in [0.29, 0.717) is 0 Å². The van der Waals surface area contributed by atoms with E-state index < -0.39 is 11.6 Å². The summed E-state index contributed by atoms with van der Waals surface area (Å²) in [6, 6.07) is 0. The molecule has 2 aromatic rings. The first-order valence-electron chi connectivity index (χ1n) is 3.94. The Morgan fingerprint density at radius 2 is 1.22 bits per heavy atom. The third-order valence-electron chi connectivity index (χ3n) is 1.23. The second kappa shape index (κ2) is 9.10. The smallest absolute Gasteiger partial charge is 0.222 e. The van der Waals surface area contributed by atoms with Gasteiger partial charge in [0.15, 0.2) is 11.6 Å². The van der Waals surface area contributed by atoms with Gasteiger partial charge in [0.2, 0.25) is 11.2 Å². The van der Waals surface area contributed by atoms with Crippen molar-refractivity contribution in [3.8, 4) is 0 Å². The quantitative estimate of drug-likeness (QED) is 0.683. The van der Waals surface area contributed by atoms with Crippen LogP contribution in [0.25, 0.3) is 0 Å². The van der Waals surface area contributed by atoms with Crippen LogP contribution < -0.4 is 11.9 Å². The molecule has 0 radical (unpaired) electrons. The minimum atomic E-state index is -0.477. The number of anilines is 1. The van der Waals surface area contributed by atoms with Crippen LogP contribution in [-0.4, -0.2) is 25.4 Å². The molecule has 0 saturated heterocycles. The fraction of sp³-hybridized carbons (Fsp3) is 0. The van der Waals surface area contributed by atoms with Gasteiger partial charge in [-0.1, -0.05) is 0 Å². The van der Waals surface area contributed by atoms with E-state index >= 15 is 0 Å². The third kappa shape index (κ3) is 7.33. The lowest BCUT2D eigenvalue weighted by atomic mass is 10.6. The molecule has 18 heavy (non-hydrogen) atoms. The molecule has 0 aliphatic rings. The van der Waals surface area contributed by atoms with Crippen molar-refractivity contribution < 1.29 is 14.3 Å². The summed E-state index contributed by atoms with van der Waals surface area (Å²) in [6.45, 7) is 0. The summed E-state index contributed by atoms with van der Waals surface area (Å²) in [5.41, 5.74) is 5.04. The number of hydrogen-bond acceptors (Lipinski definition) is 6. The van der Waals surface area contributed by atoms with Crippen LogP contribution in [0.4, 0.5) is 14.7 Å². The van der Waals surface area contributed by atoms with Gasteiger partial charge in [-0.05, 0) is 11.6 Å². The summed E-state index contributed by atoms with van der Waals surface area (Å²) in [7, 11) is 0. The molecule has 0 aliphatic heterocycles. The summed E-state index contributed by atoms with van der Waals surface area (Å²) in [5, 5.41) is 0.0615. The minimum absolute atomic E-state index is 0. The van der Waals surface area contributed by atoms with Gasteiger partial charge < -0.3 is 17.4 Å². The number of nitrogens with two attached hydrogens (primary N) is 1. The first-order chi connectivity index (χ1) is 7.58. The molecular weight excluding hydrogens is 270 g/mol. The van der Waals surface area contributed by atoms with Crippen molar-refractivity contribution in [2.75, 3.05) is 5.73 Å². The highest BCUT2D eigenvalue weighted by Crippen LogP contribution is 1.97. The van der Waals surface area contributed by atoms with E-state index in [4.69, 9.17) is 17.3 Å². The second-order valence-corrected chi connectivity index (χ2v) is 2.77. The third-order valence-corrected chi connectivity index (χ3v) is 1.42. The van der Waals surface area contributed by atoms with E-state index in [1.807, 2.05) is 0 Å². The Hall–Kier alpha value is -1.97. The Balaban J connectivity index is 0. The predicted molar refractivity (Wildman–Crippen MR) is 62.0 cm³/mol. The molecule has 7 N–H and O–H groups in total. The summed E-state index contributed by atoms with van der Waals surface area (Å²) in [5.74, 6) is -0.861. The van der Waals surface area contributed by atoms with E-state index in [-0.39, 0.29) is 22.9 Å². The normalized spacial score (nSPS) is 8.17. The lowest BCUT2D eigenvalue weighted by molar-refractivity contribution is 0.613. The Morgan fingerprint density at radius 3 is 1.50 bits per heavy atom. The number of hydrogen-bond donors (Lipinski definition) is 2. The van der Waals surface area contributed by atoms with Crippen LogP contribution in [0.15, 0.2) is 24.8 Å². The molecule has 2 rings (SSSR count). The predicted octanol–water partition coefficient (Wildman–Crippen LogP) is 0.804. The van der Waals surface area contributed by atoms with Gasteiger partial charge >= 0.3 is 0 Å². The molecule has 0 spiro atoms. The van der Waals surface area contributed by atoms with Crippen LogP contribution in [0.5, 0.6) is 0 Å². The molecule has 0 aromatic carbocycles. The van der Waals surface area contributed by atoms with Crippen molar-refractivity contribution >= 4 is 17.5 Å². The lowest BCUT2D eigenvalue weighted by Crippen LogP contribution is -1.93. The van der Waals surface area contributed by atoms with Crippen LogP contribution in [0.2, 0.25) is 5.28 Å². The van der Waals surface area contributed by atoms with Crippen LogP contribution in [0.3, 0.4) is 0 Å². The van der Waals surface area contributed by atoms with Crippen molar-refractivity contribution in [3.63, 3.8) is 0 Å². The molecule has 2 heterocycles. The molecule has 0 amide bonds. The molecule has 100 valence electrons. The maximum Gasteiger partial charge on any atom is 0.222 e. The summed E-state index contributed by atoms with van der Waals surface area (Å²) in [4.78, 5) is 13.5. The van der Waals surface area contributed by atoms with E-state index in [1.165, 1.54) is 0 Å². The van der Waals surface area contributed by atoms with Crippen molar-refractivity contribution in [2.45, 2.75) is 0 Å². The molecule has 0 bridgehead atoms. The Kier molecular flexibility index (Phi) is 9.30. The first-order valence-corrected chi connectivity index (χ1v) is 4.32. The summed E-state index contributed by atoms with van der Waals surface area (Å²) in [6.07, 6.45) is 4.05. The minimum Gasteiger partial charge on any atom is -0.412 e. The van der Waals surface area contributed by atoms with E-state index in [2.05, 4.69) is 19.9 Å². The number of halogens is 3. The Morgan fingerprint density at radius 1 is 0.889 bits per heavy atom. The zero-order valence-electron chi connectivity index (χ0n) is 9.02. The molecule has 0 saturated carbocycles. The van der Waals surface area contributed by atoms with Crippen LogP contribution in [0.1, 0.15) is 0 Å². The summed E-state index contributed by atoms with van der Waals surface area (Å²) >= 11 is 5.22. The highest BCUT2D eigenvalue weighted by atomic mass is 35.5. The fourth-order valence-electron chi connectivity index (χ4n) is 0.619. The average molecular weight is 281 g/mol. The van der Waals surface area contributed by atoms with E-state index in [0.717, 1.165) is 24.8 Å². The fourth-order valence-corrected chi connectivity index (χ4v) is 0.716. The van der Waals surface area contributed by atoms with Crippen molar-refractivity contribution in [3.05, 3.63) is 41.7 Å². The van der Waals surface area contributed by atoms with Gasteiger partial charge in [-0.15, -0.1) is 0 Å². The van der Waals surface area contributed by atoms with Gasteiger partial charge in [0.25, 0.3) is 0 Å². The van der Waals surface area contributed by atoms with Crippen LogP contribution in [0, 0.1) is 11.6 Å². The number of aromatic nitrogens is 4. The average Bonchev–Trinajstić information content (AvgIpc) is 2.28. The highest BCUT2D eigenvalue weighted by Gasteiger charge is 1.88. The van der Waals surface area contributed by atoms with Gasteiger partial charge in [-0.3, -0.25) is 0 Å². The van der Waals surface area contributed by atoms with Gasteiger partial charge in [0, 0.05) is 0 Å². The van der Waals surface area contributed by atoms with Crippen LogP contribution in [-0.2, 0) is 0 Å². The molecule has 10 heteroatoms. The molecule has 7 nitrogen and oxygen atoms in total. The van der Waals surface area contributed by atoms with Gasteiger partial charge in [0.1, 0.15) is 0 Å². The maximum atomic E-state index is 11.9. The van der Waals surface area contributed by atoms with Crippen molar-refractivity contribution in [2.24, 2.45) is 0 Å². The monoisotopic (exact) mass is 280 g/mol. The van der Waals surface area contributed by atoms with Crippen molar-refractivity contribution in [1.29, 1.82) is 0 Å². The maximum absolute atomic E-state index is 11.9. The van der Waals surface area contributed by atoms with Crippen molar-refractivity contribution in [1.82, 2.24) is 26.1 Å². The second-order valence-electron chi connectivity index (χ2n) is 2.43. The molecule has 0 fully saturated rings. The molecule has 2 aromatic heterocycles. The standard InChI is InChI=1S/C4H2ClFN2.C4H4FN3.H3N.H2O/c5-4-7-1-3(6)2-8-4;5-3-1-7-4(6)8-2-3;;/h1-2H;1-2H,(H2,6,7,8);1H3;1H2. The van der Waals surface area contributed by atoms with Gasteiger partial charge in [-0.2, -0.15) is 0 Å². The lowest BCUT2D eigenvalue weighted by Gasteiger charge is -1.85. The molecule has 0 aliphatic carbocycles. The van der Waals surface area contributed by atoms with Crippen LogP contribution >= 0.6 is 11.6 Å². The number of nitrogen functional groups attached to an aromatic ring is 1. The number of rotatable bonds is 0. The zero-order chi connectivity index (χ0) is 12.0. The molecule has 0 unspecified atom stereocenters. The number of nitrogens with zero attached hydrogens (tertiary/aromatic N) is 4. The molecule has 0 atom stereocenters. The summed E-state index contributed by atoms with van der Waals surface area (Å²) < 4.78 is 23.8. The topological polar surface area (TPSA) is 144 Å². The Labute approximate surface area is 106 Å². The highest BCUT2D eigenvalue weighted by molar-refractivity contribution is 6.28. The van der Waals surface area contributed by atoms with E-state index in [9.17, 15) is 8.78 Å². The molecular formula is C8H11ClF2N6O. The SMILES string of the molecule is Fc1cnc(Cl)nc1.N.Nc1ncc(F)cn1.O. The van der Waals surface area contributed by atoms with E-state index in [1.54, 1.807) is 0 Å². The van der Waals surface area contributed by atoms with Gasteiger partial charge in [0.05, 0.1) is 24.8 Å².